The minimum absolute atomic E-state index is 0.0406. The van der Waals surface area contributed by atoms with Crippen molar-refractivity contribution in [2.24, 2.45) is 5.10 Å². The maximum absolute atomic E-state index is 12.6. The van der Waals surface area contributed by atoms with Crippen LogP contribution in [0.4, 0.5) is 0 Å². The molecule has 2 aromatic carbocycles. The Morgan fingerprint density at radius 3 is 2.35 bits per heavy atom. The molecule has 1 N–H and O–H groups in total. The first kappa shape index (κ1) is 22.4. The van der Waals surface area contributed by atoms with E-state index in [1.165, 1.54) is 0 Å². The highest BCUT2D eigenvalue weighted by molar-refractivity contribution is 9.10. The van der Waals surface area contributed by atoms with E-state index in [9.17, 15) is 9.59 Å². The van der Waals surface area contributed by atoms with Crippen molar-refractivity contribution >= 4 is 33.5 Å². The van der Waals surface area contributed by atoms with Gasteiger partial charge in [-0.25, -0.2) is 10.2 Å². The van der Waals surface area contributed by atoms with Crippen LogP contribution in [0.15, 0.2) is 58.1 Å². The Balaban J connectivity index is 1.73. The largest absolute Gasteiger partial charge is 0.422 e. The van der Waals surface area contributed by atoms with Gasteiger partial charge in [-0.1, -0.05) is 30.3 Å². The standard InChI is InChI=1S/C23H23BrN4O3/c1-14-9-5-6-10-18(14)23(30)31-20-12-8-7-11-19(20)15(2)25-26-21(29)13-28-17(4)22(24)16(3)27-28/h5-12H,13H2,1-4H3,(H,26,29). The summed E-state index contributed by atoms with van der Waals surface area (Å²) in [6, 6.07) is 14.3. The zero-order valence-electron chi connectivity index (χ0n) is 17.8. The van der Waals surface area contributed by atoms with Gasteiger partial charge in [0.05, 0.1) is 27.1 Å². The third kappa shape index (κ3) is 5.27. The first-order valence-corrected chi connectivity index (χ1v) is 10.5. The molecular weight excluding hydrogens is 460 g/mol. The molecule has 0 fully saturated rings. The van der Waals surface area contributed by atoms with Crippen LogP contribution in [0.25, 0.3) is 0 Å². The van der Waals surface area contributed by atoms with Crippen molar-refractivity contribution in [1.82, 2.24) is 15.2 Å². The molecule has 3 rings (SSSR count). The van der Waals surface area contributed by atoms with Crippen molar-refractivity contribution in [3.63, 3.8) is 0 Å². The number of benzene rings is 2. The van der Waals surface area contributed by atoms with Gasteiger partial charge in [-0.2, -0.15) is 10.2 Å². The summed E-state index contributed by atoms with van der Waals surface area (Å²) in [5.41, 5.74) is 6.66. The highest BCUT2D eigenvalue weighted by atomic mass is 79.9. The average molecular weight is 483 g/mol. The number of nitrogens with zero attached hydrogens (tertiary/aromatic N) is 3. The van der Waals surface area contributed by atoms with Gasteiger partial charge >= 0.3 is 5.97 Å². The molecule has 0 bridgehead atoms. The number of hydrazone groups is 1. The van der Waals surface area contributed by atoms with Crippen molar-refractivity contribution in [3.05, 3.63) is 81.1 Å². The molecule has 0 aliphatic carbocycles. The third-order valence-corrected chi connectivity index (χ3v) is 5.93. The number of amides is 1. The van der Waals surface area contributed by atoms with Crippen LogP contribution in [0, 0.1) is 20.8 Å². The lowest BCUT2D eigenvalue weighted by Gasteiger charge is -2.11. The zero-order valence-corrected chi connectivity index (χ0v) is 19.4. The fourth-order valence-corrected chi connectivity index (χ4v) is 3.30. The second-order valence-electron chi connectivity index (χ2n) is 7.08. The lowest BCUT2D eigenvalue weighted by Crippen LogP contribution is -2.25. The number of aromatic nitrogens is 2. The van der Waals surface area contributed by atoms with Crippen LogP contribution < -0.4 is 10.2 Å². The highest BCUT2D eigenvalue weighted by Gasteiger charge is 2.15. The predicted molar refractivity (Wildman–Crippen MR) is 122 cm³/mol. The quantitative estimate of drug-likeness (QED) is 0.245. The third-order valence-electron chi connectivity index (χ3n) is 4.78. The van der Waals surface area contributed by atoms with Crippen molar-refractivity contribution in [2.75, 3.05) is 0 Å². The number of para-hydroxylation sites is 1. The molecule has 7 nitrogen and oxygen atoms in total. The molecule has 8 heteroatoms. The Kier molecular flexibility index (Phi) is 7.02. The van der Waals surface area contributed by atoms with Crippen molar-refractivity contribution in [2.45, 2.75) is 34.2 Å². The number of nitrogens with one attached hydrogen (secondary N) is 1. The van der Waals surface area contributed by atoms with E-state index in [1.54, 1.807) is 41.9 Å². The number of aryl methyl sites for hydroxylation is 2. The second kappa shape index (κ2) is 9.70. The Morgan fingerprint density at radius 2 is 1.71 bits per heavy atom. The molecule has 1 amide bonds. The van der Waals surface area contributed by atoms with Crippen LogP contribution in [0.1, 0.15) is 39.8 Å². The summed E-state index contributed by atoms with van der Waals surface area (Å²) in [5.74, 6) is -0.391. The van der Waals surface area contributed by atoms with Crippen molar-refractivity contribution in [1.29, 1.82) is 0 Å². The molecule has 31 heavy (non-hydrogen) atoms. The second-order valence-corrected chi connectivity index (χ2v) is 7.87. The number of carbonyl (C=O) groups excluding carboxylic acids is 2. The molecule has 1 heterocycles. The van der Waals surface area contributed by atoms with Gasteiger partial charge in [-0.15, -0.1) is 0 Å². The number of carbonyl (C=O) groups is 2. The summed E-state index contributed by atoms with van der Waals surface area (Å²) in [6.07, 6.45) is 0. The van der Waals surface area contributed by atoms with Crippen LogP contribution in [-0.4, -0.2) is 27.4 Å². The molecule has 0 unspecified atom stereocenters. The van der Waals surface area contributed by atoms with Gasteiger partial charge in [0, 0.05) is 5.56 Å². The molecule has 0 saturated carbocycles. The van der Waals surface area contributed by atoms with E-state index in [0.717, 1.165) is 21.4 Å². The zero-order chi connectivity index (χ0) is 22.5. The SMILES string of the molecule is CC(=NNC(=O)Cn1nc(C)c(Br)c1C)c1ccccc1OC(=O)c1ccccc1C. The normalized spacial score (nSPS) is 11.3. The van der Waals surface area contributed by atoms with Gasteiger partial charge < -0.3 is 4.74 Å². The molecule has 0 aliphatic rings. The Hall–Kier alpha value is -3.26. The van der Waals surface area contributed by atoms with E-state index in [4.69, 9.17) is 4.74 Å². The van der Waals surface area contributed by atoms with Crippen molar-refractivity contribution < 1.29 is 14.3 Å². The molecule has 3 aromatic rings. The van der Waals surface area contributed by atoms with E-state index >= 15 is 0 Å². The number of halogens is 1. The average Bonchev–Trinajstić information content (AvgIpc) is 2.99. The molecule has 0 radical (unpaired) electrons. The maximum atomic E-state index is 12.6. The van der Waals surface area contributed by atoms with Gasteiger partial charge in [0.1, 0.15) is 12.3 Å². The first-order valence-electron chi connectivity index (χ1n) is 9.67. The summed E-state index contributed by atoms with van der Waals surface area (Å²) in [5, 5.41) is 8.50. The van der Waals surface area contributed by atoms with Crippen molar-refractivity contribution in [3.8, 4) is 5.75 Å². The molecule has 0 aliphatic heterocycles. The van der Waals surface area contributed by atoms with E-state index in [0.29, 0.717) is 22.6 Å². The van der Waals surface area contributed by atoms with E-state index in [2.05, 4.69) is 31.6 Å². The Morgan fingerprint density at radius 1 is 1.06 bits per heavy atom. The van der Waals surface area contributed by atoms with Gasteiger partial charge in [0.15, 0.2) is 0 Å². The summed E-state index contributed by atoms with van der Waals surface area (Å²) in [4.78, 5) is 24.9. The van der Waals surface area contributed by atoms with Crippen LogP contribution in [0.2, 0.25) is 0 Å². The van der Waals surface area contributed by atoms with Gasteiger partial charge in [0.2, 0.25) is 0 Å². The highest BCUT2D eigenvalue weighted by Crippen LogP contribution is 2.21. The molecule has 160 valence electrons. The number of ether oxygens (including phenoxy) is 1. The van der Waals surface area contributed by atoms with Gasteiger partial charge in [0.25, 0.3) is 5.91 Å². The minimum Gasteiger partial charge on any atom is -0.422 e. The lowest BCUT2D eigenvalue weighted by molar-refractivity contribution is -0.121. The first-order chi connectivity index (χ1) is 14.8. The summed E-state index contributed by atoms with van der Waals surface area (Å²) in [6.45, 7) is 7.37. The maximum Gasteiger partial charge on any atom is 0.343 e. The minimum atomic E-state index is -0.447. The summed E-state index contributed by atoms with van der Waals surface area (Å²) in [7, 11) is 0. The topological polar surface area (TPSA) is 85.6 Å². The van der Waals surface area contributed by atoms with Gasteiger partial charge in [-0.3, -0.25) is 9.48 Å². The predicted octanol–water partition coefficient (Wildman–Crippen LogP) is 4.33. The molecular formula is C23H23BrN4O3. The van der Waals surface area contributed by atoms with E-state index < -0.39 is 5.97 Å². The van der Waals surface area contributed by atoms with Gasteiger partial charge in [-0.05, 0) is 67.4 Å². The summed E-state index contributed by atoms with van der Waals surface area (Å²) >= 11 is 3.45. The number of esters is 1. The Bertz CT molecular complexity index is 1170. The monoisotopic (exact) mass is 482 g/mol. The van der Waals surface area contributed by atoms with Crippen LogP contribution >= 0.6 is 15.9 Å². The molecule has 0 spiro atoms. The fourth-order valence-electron chi connectivity index (χ4n) is 3.02. The number of hydrogen-bond acceptors (Lipinski definition) is 5. The summed E-state index contributed by atoms with van der Waals surface area (Å²) < 4.78 is 8.10. The smallest absolute Gasteiger partial charge is 0.343 e. The molecule has 0 atom stereocenters. The van der Waals surface area contributed by atoms with Crippen LogP contribution in [0.3, 0.4) is 0 Å². The number of hydrogen-bond donors (Lipinski definition) is 1. The lowest BCUT2D eigenvalue weighted by atomic mass is 10.1. The molecule has 1 aromatic heterocycles. The number of rotatable bonds is 6. The molecule has 0 saturated heterocycles. The van der Waals surface area contributed by atoms with E-state index in [1.807, 2.05) is 39.0 Å². The van der Waals surface area contributed by atoms with Crippen LogP contribution in [0.5, 0.6) is 5.75 Å². The van der Waals surface area contributed by atoms with Crippen LogP contribution in [-0.2, 0) is 11.3 Å². The van der Waals surface area contributed by atoms with E-state index in [-0.39, 0.29) is 12.5 Å². The Labute approximate surface area is 189 Å². The fraction of sp³-hybridized carbons (Fsp3) is 0.217.